The second-order valence-corrected chi connectivity index (χ2v) is 8.96. The van der Waals surface area contributed by atoms with Crippen molar-refractivity contribution in [3.63, 3.8) is 0 Å². The van der Waals surface area contributed by atoms with Crippen LogP contribution in [0.15, 0.2) is 82.5 Å². The van der Waals surface area contributed by atoms with E-state index in [1.165, 1.54) is 36.5 Å². The summed E-state index contributed by atoms with van der Waals surface area (Å²) in [5.41, 5.74) is 1.44. The van der Waals surface area contributed by atoms with Crippen LogP contribution in [0.25, 0.3) is 0 Å². The highest BCUT2D eigenvalue weighted by atomic mass is 35.5. The lowest BCUT2D eigenvalue weighted by Crippen LogP contribution is -2.13. The van der Waals surface area contributed by atoms with Gasteiger partial charge < -0.3 is 4.74 Å². The van der Waals surface area contributed by atoms with Gasteiger partial charge in [-0.05, 0) is 62.8 Å². The molecule has 0 aliphatic carbocycles. The first-order valence-corrected chi connectivity index (χ1v) is 11.3. The van der Waals surface area contributed by atoms with Crippen molar-refractivity contribution in [3.05, 3.63) is 88.5 Å². The lowest BCUT2D eigenvalue weighted by Gasteiger charge is -2.12. The van der Waals surface area contributed by atoms with Gasteiger partial charge in [0.2, 0.25) is 0 Å². The summed E-state index contributed by atoms with van der Waals surface area (Å²) < 4.78 is 47.3. The van der Waals surface area contributed by atoms with Crippen molar-refractivity contribution in [1.82, 2.24) is 0 Å². The van der Waals surface area contributed by atoms with Gasteiger partial charge in [-0.3, -0.25) is 9.71 Å². The molecule has 164 valence electrons. The Balaban J connectivity index is 2.20. The second-order valence-electron chi connectivity index (χ2n) is 6.46. The van der Waals surface area contributed by atoms with Crippen LogP contribution in [0.2, 0.25) is 10.0 Å². The van der Waals surface area contributed by atoms with E-state index < -0.39 is 15.8 Å². The lowest BCUT2D eigenvalue weighted by molar-refractivity contribution is 0.397. The molecule has 9 heteroatoms. The quantitative estimate of drug-likeness (QED) is 0.333. The van der Waals surface area contributed by atoms with Gasteiger partial charge >= 0.3 is 0 Å². The minimum Gasteiger partial charge on any atom is -0.457 e. The van der Waals surface area contributed by atoms with Crippen LogP contribution in [0.5, 0.6) is 5.75 Å². The monoisotopic (exact) mass is 482 g/mol. The maximum atomic E-state index is 14.5. The molecule has 2 rings (SSSR count). The molecule has 0 aliphatic heterocycles. The lowest BCUT2D eigenvalue weighted by atomic mass is 10.2. The molecule has 0 aliphatic rings. The first kappa shape index (κ1) is 24.7. The highest BCUT2D eigenvalue weighted by Gasteiger charge is 2.19. The highest BCUT2D eigenvalue weighted by molar-refractivity contribution is 7.92. The number of nitrogens with zero attached hydrogens (tertiary/aromatic N) is 1. The summed E-state index contributed by atoms with van der Waals surface area (Å²) in [7, 11) is -4.04. The predicted molar refractivity (Wildman–Crippen MR) is 125 cm³/mol. The molecule has 0 radical (unpaired) electrons. The van der Waals surface area contributed by atoms with E-state index in [1.807, 2.05) is 19.9 Å². The second kappa shape index (κ2) is 10.6. The molecular weight excluding hydrogens is 462 g/mol. The summed E-state index contributed by atoms with van der Waals surface area (Å²) in [4.78, 5) is 4.08. The molecule has 0 aromatic heterocycles. The summed E-state index contributed by atoms with van der Waals surface area (Å²) in [6.07, 6.45) is 5.07. The fourth-order valence-electron chi connectivity index (χ4n) is 2.36. The van der Waals surface area contributed by atoms with Crippen molar-refractivity contribution >= 4 is 44.6 Å². The molecule has 5 nitrogen and oxygen atoms in total. The SMILES string of the molecule is C=C(C)C(/C=C\C)=N\C=C(/C)Oc1ccc(NS(=O)(=O)c2ccc(Cl)cc2Cl)cc1F. The molecule has 0 fully saturated rings. The number of ether oxygens (including phenoxy) is 1. The predicted octanol–water partition coefficient (Wildman–Crippen LogP) is 6.77. The van der Waals surface area contributed by atoms with E-state index in [0.717, 1.165) is 11.6 Å². The van der Waals surface area contributed by atoms with Crippen LogP contribution in [0.4, 0.5) is 10.1 Å². The number of benzene rings is 2. The summed E-state index contributed by atoms with van der Waals surface area (Å²) in [5, 5.41) is 0.249. The van der Waals surface area contributed by atoms with Crippen molar-refractivity contribution in [2.45, 2.75) is 25.7 Å². The summed E-state index contributed by atoms with van der Waals surface area (Å²) >= 11 is 11.8. The van der Waals surface area contributed by atoms with E-state index >= 15 is 0 Å². The number of sulfonamides is 1. The van der Waals surface area contributed by atoms with E-state index in [0.29, 0.717) is 16.5 Å². The molecule has 0 atom stereocenters. The maximum absolute atomic E-state index is 14.5. The standard InChI is InChI=1S/C22H21Cl2FN2O3S/c1-5-6-20(14(2)3)26-13-15(4)30-21-9-8-17(12-19(21)25)27-31(28,29)22-10-7-16(23)11-18(22)24/h5-13,27H,2H2,1,3-4H3/b6-5-,15-13+,26-20-. The topological polar surface area (TPSA) is 67.8 Å². The molecule has 2 aromatic rings. The van der Waals surface area contributed by atoms with Crippen LogP contribution in [0, 0.1) is 5.82 Å². The largest absolute Gasteiger partial charge is 0.457 e. The van der Waals surface area contributed by atoms with Crippen molar-refractivity contribution < 1.29 is 17.5 Å². The average Bonchev–Trinajstić information content (AvgIpc) is 2.66. The molecule has 0 amide bonds. The molecule has 0 bridgehead atoms. The molecule has 0 unspecified atom stereocenters. The maximum Gasteiger partial charge on any atom is 0.263 e. The van der Waals surface area contributed by atoms with Crippen molar-refractivity contribution in [2.75, 3.05) is 4.72 Å². The minimum atomic E-state index is -4.04. The Morgan fingerprint density at radius 2 is 1.90 bits per heavy atom. The van der Waals surface area contributed by atoms with Gasteiger partial charge in [-0.1, -0.05) is 35.9 Å². The fourth-order valence-corrected chi connectivity index (χ4v) is 4.19. The van der Waals surface area contributed by atoms with Gasteiger partial charge in [-0.15, -0.1) is 0 Å². The van der Waals surface area contributed by atoms with Crippen LogP contribution in [0.3, 0.4) is 0 Å². The summed E-state index contributed by atoms with van der Waals surface area (Å²) in [6.45, 7) is 9.13. The van der Waals surface area contributed by atoms with Crippen LogP contribution >= 0.6 is 23.2 Å². The number of hydrogen-bond acceptors (Lipinski definition) is 4. The van der Waals surface area contributed by atoms with Gasteiger partial charge in [0.15, 0.2) is 11.6 Å². The fraction of sp³-hybridized carbons (Fsp3) is 0.136. The van der Waals surface area contributed by atoms with Crippen LogP contribution < -0.4 is 9.46 Å². The third-order valence-corrected chi connectivity index (χ3v) is 5.89. The Hall–Kier alpha value is -2.61. The van der Waals surface area contributed by atoms with Crippen molar-refractivity contribution in [2.24, 2.45) is 4.99 Å². The zero-order valence-electron chi connectivity index (χ0n) is 17.1. The van der Waals surface area contributed by atoms with Crippen molar-refractivity contribution in [1.29, 1.82) is 0 Å². The molecule has 31 heavy (non-hydrogen) atoms. The van der Waals surface area contributed by atoms with E-state index in [2.05, 4.69) is 16.3 Å². The first-order chi connectivity index (χ1) is 14.5. The zero-order valence-corrected chi connectivity index (χ0v) is 19.4. The number of allylic oxidation sites excluding steroid dienone is 4. The Bertz CT molecular complexity index is 1190. The minimum absolute atomic E-state index is 0.00757. The number of halogens is 3. The molecule has 0 saturated heterocycles. The highest BCUT2D eigenvalue weighted by Crippen LogP contribution is 2.28. The third-order valence-electron chi connectivity index (χ3n) is 3.79. The number of rotatable bonds is 8. The number of hydrogen-bond donors (Lipinski definition) is 1. The van der Waals surface area contributed by atoms with E-state index in [1.54, 1.807) is 13.0 Å². The van der Waals surface area contributed by atoms with Crippen LogP contribution in [0.1, 0.15) is 20.8 Å². The third kappa shape index (κ3) is 6.95. The Kier molecular flexibility index (Phi) is 8.44. The number of nitrogens with one attached hydrogen (secondary N) is 1. The van der Waals surface area contributed by atoms with Crippen LogP contribution in [-0.2, 0) is 10.0 Å². The Morgan fingerprint density at radius 3 is 2.48 bits per heavy atom. The first-order valence-electron chi connectivity index (χ1n) is 9.02. The number of anilines is 1. The van der Waals surface area contributed by atoms with Crippen molar-refractivity contribution in [3.8, 4) is 5.75 Å². The van der Waals surface area contributed by atoms with E-state index in [4.69, 9.17) is 27.9 Å². The van der Waals surface area contributed by atoms with Gasteiger partial charge in [0.25, 0.3) is 10.0 Å². The smallest absolute Gasteiger partial charge is 0.263 e. The molecular formula is C22H21Cl2FN2O3S. The van der Waals surface area contributed by atoms with E-state index in [9.17, 15) is 12.8 Å². The molecule has 0 saturated carbocycles. The summed E-state index contributed by atoms with van der Waals surface area (Å²) in [6, 6.07) is 7.66. The van der Waals surface area contributed by atoms with Gasteiger partial charge in [0.05, 0.1) is 22.6 Å². The average molecular weight is 483 g/mol. The Morgan fingerprint density at radius 1 is 1.19 bits per heavy atom. The summed E-state index contributed by atoms with van der Waals surface area (Å²) in [5.74, 6) is -0.504. The zero-order chi connectivity index (χ0) is 23.2. The van der Waals surface area contributed by atoms with Gasteiger partial charge in [0, 0.05) is 11.1 Å². The van der Waals surface area contributed by atoms with Gasteiger partial charge in [-0.25, -0.2) is 12.8 Å². The van der Waals surface area contributed by atoms with Crippen LogP contribution in [-0.4, -0.2) is 14.1 Å². The molecule has 0 spiro atoms. The number of aliphatic imine (C=N–C) groups is 1. The van der Waals surface area contributed by atoms with Gasteiger partial charge in [-0.2, -0.15) is 0 Å². The van der Waals surface area contributed by atoms with Gasteiger partial charge in [0.1, 0.15) is 10.7 Å². The normalized spacial score (nSPS) is 12.8. The molecule has 2 aromatic carbocycles. The molecule has 1 N–H and O–H groups in total. The Labute approximate surface area is 191 Å². The van der Waals surface area contributed by atoms with E-state index in [-0.39, 0.29) is 21.4 Å². The molecule has 0 heterocycles.